The van der Waals surface area contributed by atoms with E-state index in [4.69, 9.17) is 4.74 Å². The number of amides is 1. The van der Waals surface area contributed by atoms with E-state index in [2.05, 4.69) is 36.5 Å². The van der Waals surface area contributed by atoms with Gasteiger partial charge in [-0.3, -0.25) is 4.79 Å². The van der Waals surface area contributed by atoms with E-state index in [1.165, 1.54) is 5.56 Å². The molecule has 122 valence electrons. The Labute approximate surface area is 138 Å². The van der Waals surface area contributed by atoms with E-state index in [0.29, 0.717) is 13.2 Å². The van der Waals surface area contributed by atoms with Gasteiger partial charge >= 0.3 is 0 Å². The van der Waals surface area contributed by atoms with Crippen LogP contribution in [0.2, 0.25) is 0 Å². The van der Waals surface area contributed by atoms with Crippen LogP contribution >= 0.6 is 12.4 Å². The molecule has 2 atom stereocenters. The SMILES string of the molecule is CC1(c2ccccc2)CCCN(C(=O)C2COCCN2)C1.Cl. The van der Waals surface area contributed by atoms with Crippen LogP contribution in [0.15, 0.2) is 30.3 Å². The van der Waals surface area contributed by atoms with Gasteiger partial charge in [0.2, 0.25) is 5.91 Å². The minimum atomic E-state index is -0.170. The molecule has 4 nitrogen and oxygen atoms in total. The lowest BCUT2D eigenvalue weighted by Gasteiger charge is -2.42. The van der Waals surface area contributed by atoms with Gasteiger partial charge in [0.1, 0.15) is 6.04 Å². The third-order valence-electron chi connectivity index (χ3n) is 4.70. The topological polar surface area (TPSA) is 41.6 Å². The van der Waals surface area contributed by atoms with Crippen molar-refractivity contribution in [1.82, 2.24) is 10.2 Å². The molecular formula is C17H25ClN2O2. The first-order valence-corrected chi connectivity index (χ1v) is 7.84. The average molecular weight is 325 g/mol. The van der Waals surface area contributed by atoms with E-state index in [9.17, 15) is 4.79 Å². The predicted molar refractivity (Wildman–Crippen MR) is 89.5 cm³/mol. The molecule has 0 aliphatic carbocycles. The van der Waals surface area contributed by atoms with Crippen molar-refractivity contribution >= 4 is 18.3 Å². The molecule has 1 amide bonds. The highest BCUT2D eigenvalue weighted by atomic mass is 35.5. The van der Waals surface area contributed by atoms with E-state index in [1.807, 2.05) is 11.0 Å². The van der Waals surface area contributed by atoms with Crippen molar-refractivity contribution < 1.29 is 9.53 Å². The molecule has 1 aromatic rings. The van der Waals surface area contributed by atoms with Crippen LogP contribution in [0.1, 0.15) is 25.3 Å². The van der Waals surface area contributed by atoms with Crippen LogP contribution in [-0.4, -0.2) is 49.7 Å². The van der Waals surface area contributed by atoms with Crippen molar-refractivity contribution in [2.45, 2.75) is 31.2 Å². The number of carbonyl (C=O) groups is 1. The van der Waals surface area contributed by atoms with E-state index in [1.54, 1.807) is 0 Å². The van der Waals surface area contributed by atoms with Gasteiger partial charge in [-0.15, -0.1) is 12.4 Å². The smallest absolute Gasteiger partial charge is 0.242 e. The fourth-order valence-electron chi connectivity index (χ4n) is 3.45. The molecule has 2 aliphatic heterocycles. The fraction of sp³-hybridized carbons (Fsp3) is 0.588. The Bertz CT molecular complexity index is 491. The molecule has 2 saturated heterocycles. The fourth-order valence-corrected chi connectivity index (χ4v) is 3.45. The molecule has 2 aliphatic rings. The highest BCUT2D eigenvalue weighted by Gasteiger charge is 2.36. The second-order valence-electron chi connectivity index (χ2n) is 6.37. The number of likely N-dealkylation sites (tertiary alicyclic amines) is 1. The zero-order valence-corrected chi connectivity index (χ0v) is 13.9. The second kappa shape index (κ2) is 7.44. The van der Waals surface area contributed by atoms with Crippen LogP contribution in [0.25, 0.3) is 0 Å². The van der Waals surface area contributed by atoms with Gasteiger partial charge in [0.25, 0.3) is 0 Å². The molecule has 1 aromatic carbocycles. The molecule has 5 heteroatoms. The maximum atomic E-state index is 12.7. The molecule has 2 fully saturated rings. The quantitative estimate of drug-likeness (QED) is 0.904. The molecule has 2 unspecified atom stereocenters. The maximum absolute atomic E-state index is 12.7. The zero-order chi connectivity index (χ0) is 14.7. The first-order chi connectivity index (χ1) is 10.2. The third-order valence-corrected chi connectivity index (χ3v) is 4.70. The summed E-state index contributed by atoms with van der Waals surface area (Å²) in [6.45, 7) is 5.89. The highest BCUT2D eigenvalue weighted by molar-refractivity contribution is 5.85. The lowest BCUT2D eigenvalue weighted by Crippen LogP contribution is -2.56. The molecule has 3 rings (SSSR count). The third kappa shape index (κ3) is 3.62. The summed E-state index contributed by atoms with van der Waals surface area (Å²) in [7, 11) is 0. The molecular weight excluding hydrogens is 300 g/mol. The number of benzene rings is 1. The van der Waals surface area contributed by atoms with Crippen LogP contribution < -0.4 is 5.32 Å². The van der Waals surface area contributed by atoms with Crippen LogP contribution in [0, 0.1) is 0 Å². The van der Waals surface area contributed by atoms with Crippen molar-refractivity contribution in [3.63, 3.8) is 0 Å². The number of rotatable bonds is 2. The summed E-state index contributed by atoms with van der Waals surface area (Å²) in [5.41, 5.74) is 1.39. The first kappa shape index (κ1) is 17.3. The Morgan fingerprint density at radius 1 is 1.36 bits per heavy atom. The van der Waals surface area contributed by atoms with Crippen LogP contribution in [-0.2, 0) is 14.9 Å². The van der Waals surface area contributed by atoms with Crippen molar-refractivity contribution in [3.05, 3.63) is 35.9 Å². The standard InChI is InChI=1S/C17H24N2O2.ClH/c1-17(14-6-3-2-4-7-14)8-5-10-19(13-17)16(20)15-12-21-11-9-18-15;/h2-4,6-7,15,18H,5,8-13H2,1H3;1H. The summed E-state index contributed by atoms with van der Waals surface area (Å²) in [6, 6.07) is 10.4. The minimum absolute atomic E-state index is 0. The number of nitrogens with one attached hydrogen (secondary N) is 1. The molecule has 0 spiro atoms. The number of hydrogen-bond donors (Lipinski definition) is 1. The van der Waals surface area contributed by atoms with Gasteiger partial charge in [-0.1, -0.05) is 37.3 Å². The van der Waals surface area contributed by atoms with E-state index >= 15 is 0 Å². The Morgan fingerprint density at radius 3 is 2.82 bits per heavy atom. The van der Waals surface area contributed by atoms with E-state index in [-0.39, 0.29) is 29.8 Å². The zero-order valence-electron chi connectivity index (χ0n) is 13.1. The molecule has 0 radical (unpaired) electrons. The molecule has 0 aromatic heterocycles. The van der Waals surface area contributed by atoms with Gasteiger partial charge in [-0.05, 0) is 18.4 Å². The highest BCUT2D eigenvalue weighted by Crippen LogP contribution is 2.33. The summed E-state index contributed by atoms with van der Waals surface area (Å²) < 4.78 is 5.42. The number of ether oxygens (including phenoxy) is 1. The van der Waals surface area contributed by atoms with Gasteiger partial charge < -0.3 is 15.0 Å². The van der Waals surface area contributed by atoms with Crippen molar-refractivity contribution in [3.8, 4) is 0 Å². The van der Waals surface area contributed by atoms with Crippen LogP contribution in [0.4, 0.5) is 0 Å². The largest absolute Gasteiger partial charge is 0.378 e. The Balaban J connectivity index is 0.00000176. The average Bonchev–Trinajstić information content (AvgIpc) is 2.56. The van der Waals surface area contributed by atoms with Gasteiger partial charge in [0, 0.05) is 25.0 Å². The summed E-state index contributed by atoms with van der Waals surface area (Å²) in [6.07, 6.45) is 2.19. The number of carbonyl (C=O) groups excluding carboxylic acids is 1. The van der Waals surface area contributed by atoms with Gasteiger partial charge in [-0.25, -0.2) is 0 Å². The Kier molecular flexibility index (Phi) is 5.84. The van der Waals surface area contributed by atoms with E-state index < -0.39 is 0 Å². The molecule has 1 N–H and O–H groups in total. The van der Waals surface area contributed by atoms with Crippen LogP contribution in [0.3, 0.4) is 0 Å². The monoisotopic (exact) mass is 324 g/mol. The number of morpholine rings is 1. The van der Waals surface area contributed by atoms with Gasteiger partial charge in [0.05, 0.1) is 13.2 Å². The maximum Gasteiger partial charge on any atom is 0.242 e. The second-order valence-corrected chi connectivity index (χ2v) is 6.37. The Hall–Kier alpha value is -1.10. The van der Waals surface area contributed by atoms with Crippen LogP contribution in [0.5, 0.6) is 0 Å². The molecule has 2 heterocycles. The number of nitrogens with zero attached hydrogens (tertiary/aromatic N) is 1. The normalized spacial score (nSPS) is 28.8. The van der Waals surface area contributed by atoms with Crippen molar-refractivity contribution in [2.24, 2.45) is 0 Å². The summed E-state index contributed by atoms with van der Waals surface area (Å²) >= 11 is 0. The first-order valence-electron chi connectivity index (χ1n) is 7.84. The lowest BCUT2D eigenvalue weighted by atomic mass is 9.76. The van der Waals surface area contributed by atoms with Gasteiger partial charge in [-0.2, -0.15) is 0 Å². The predicted octanol–water partition coefficient (Wildman–Crippen LogP) is 1.98. The number of piperidine rings is 1. The molecule has 22 heavy (non-hydrogen) atoms. The summed E-state index contributed by atoms with van der Waals surface area (Å²) in [5.74, 6) is 0.191. The van der Waals surface area contributed by atoms with Crippen molar-refractivity contribution in [1.29, 1.82) is 0 Å². The lowest BCUT2D eigenvalue weighted by molar-refractivity contribution is -0.138. The van der Waals surface area contributed by atoms with Gasteiger partial charge in [0.15, 0.2) is 0 Å². The number of hydrogen-bond acceptors (Lipinski definition) is 3. The molecule has 0 bridgehead atoms. The Morgan fingerprint density at radius 2 is 2.14 bits per heavy atom. The van der Waals surface area contributed by atoms with E-state index in [0.717, 1.165) is 32.5 Å². The minimum Gasteiger partial charge on any atom is -0.378 e. The summed E-state index contributed by atoms with van der Waals surface area (Å²) in [4.78, 5) is 14.7. The molecule has 0 saturated carbocycles. The summed E-state index contributed by atoms with van der Waals surface area (Å²) in [5, 5.41) is 3.27. The number of halogens is 1. The van der Waals surface area contributed by atoms with Crippen molar-refractivity contribution in [2.75, 3.05) is 32.8 Å².